The van der Waals surface area contributed by atoms with Crippen molar-refractivity contribution in [1.29, 1.82) is 0 Å². The quantitative estimate of drug-likeness (QED) is 0.365. The summed E-state index contributed by atoms with van der Waals surface area (Å²) < 4.78 is 18.8. The van der Waals surface area contributed by atoms with Crippen LogP contribution in [0.3, 0.4) is 0 Å². The van der Waals surface area contributed by atoms with Crippen LogP contribution in [0.1, 0.15) is 66.2 Å². The first-order valence-electron chi connectivity index (χ1n) is 10.7. The summed E-state index contributed by atoms with van der Waals surface area (Å²) in [6.45, 7) is 9.16. The van der Waals surface area contributed by atoms with E-state index in [2.05, 4.69) is 20.8 Å². The van der Waals surface area contributed by atoms with Gasteiger partial charge in [-0.05, 0) is 31.4 Å². The minimum Gasteiger partial charge on any atom is -0.494 e. The van der Waals surface area contributed by atoms with Gasteiger partial charge in [-0.2, -0.15) is 0 Å². The van der Waals surface area contributed by atoms with E-state index < -0.39 is 5.97 Å². The standard InChI is InChI=1S/C23H33NO5/c1-5-8-13-24-20-16-18(27-14-9-6-2)11-12-19(20)21(28-15-10-7-3)22(23(24)26)29-17(4)25/h11-12,16H,5-10,13-15H2,1-4H3. The molecule has 2 rings (SSSR count). The average molecular weight is 404 g/mol. The molecule has 0 fully saturated rings. The Hall–Kier alpha value is -2.50. The van der Waals surface area contributed by atoms with Gasteiger partial charge in [-0.3, -0.25) is 9.59 Å². The molecule has 0 unspecified atom stereocenters. The van der Waals surface area contributed by atoms with Crippen molar-refractivity contribution in [3.8, 4) is 17.2 Å². The van der Waals surface area contributed by atoms with Crippen molar-refractivity contribution >= 4 is 16.9 Å². The van der Waals surface area contributed by atoms with Crippen LogP contribution in [-0.4, -0.2) is 23.8 Å². The second-order valence-corrected chi connectivity index (χ2v) is 7.15. The van der Waals surface area contributed by atoms with Gasteiger partial charge >= 0.3 is 5.97 Å². The predicted molar refractivity (Wildman–Crippen MR) is 115 cm³/mol. The third kappa shape index (κ3) is 5.99. The van der Waals surface area contributed by atoms with Gasteiger partial charge in [-0.1, -0.05) is 40.0 Å². The fourth-order valence-electron chi connectivity index (χ4n) is 3.04. The lowest BCUT2D eigenvalue weighted by molar-refractivity contribution is -0.132. The van der Waals surface area contributed by atoms with Gasteiger partial charge in [0.1, 0.15) is 5.75 Å². The third-order valence-corrected chi connectivity index (χ3v) is 4.64. The van der Waals surface area contributed by atoms with Crippen molar-refractivity contribution in [2.24, 2.45) is 0 Å². The number of benzene rings is 1. The number of aryl methyl sites for hydroxylation is 1. The molecule has 0 spiro atoms. The molecule has 0 radical (unpaired) electrons. The number of unbranched alkanes of at least 4 members (excludes halogenated alkanes) is 3. The van der Waals surface area contributed by atoms with Gasteiger partial charge in [0.25, 0.3) is 5.56 Å². The lowest BCUT2D eigenvalue weighted by Crippen LogP contribution is -2.25. The molecular weight excluding hydrogens is 370 g/mol. The highest BCUT2D eigenvalue weighted by Gasteiger charge is 2.21. The van der Waals surface area contributed by atoms with Crippen molar-refractivity contribution in [2.45, 2.75) is 72.8 Å². The minimum atomic E-state index is -0.539. The molecule has 0 saturated heterocycles. The molecule has 160 valence electrons. The zero-order valence-electron chi connectivity index (χ0n) is 18.1. The van der Waals surface area contributed by atoms with Crippen molar-refractivity contribution in [2.75, 3.05) is 13.2 Å². The van der Waals surface area contributed by atoms with Crippen LogP contribution in [0.15, 0.2) is 23.0 Å². The van der Waals surface area contributed by atoms with Gasteiger partial charge in [-0.15, -0.1) is 0 Å². The van der Waals surface area contributed by atoms with Crippen molar-refractivity contribution in [3.05, 3.63) is 28.6 Å². The molecule has 0 aliphatic heterocycles. The molecule has 1 aromatic heterocycles. The van der Waals surface area contributed by atoms with Crippen LogP contribution < -0.4 is 19.8 Å². The first-order valence-corrected chi connectivity index (χ1v) is 10.7. The second-order valence-electron chi connectivity index (χ2n) is 7.15. The monoisotopic (exact) mass is 403 g/mol. The molecule has 0 aliphatic carbocycles. The van der Waals surface area contributed by atoms with Crippen LogP contribution in [0.2, 0.25) is 0 Å². The number of hydrogen-bond donors (Lipinski definition) is 0. The van der Waals surface area contributed by atoms with Crippen molar-refractivity contribution in [1.82, 2.24) is 4.57 Å². The molecule has 0 atom stereocenters. The molecule has 29 heavy (non-hydrogen) atoms. The van der Waals surface area contributed by atoms with Gasteiger partial charge < -0.3 is 18.8 Å². The van der Waals surface area contributed by atoms with Gasteiger partial charge in [0.2, 0.25) is 5.75 Å². The average Bonchev–Trinajstić information content (AvgIpc) is 2.70. The Balaban J connectivity index is 2.64. The number of hydrogen-bond acceptors (Lipinski definition) is 5. The van der Waals surface area contributed by atoms with Gasteiger partial charge in [0.15, 0.2) is 5.75 Å². The van der Waals surface area contributed by atoms with E-state index in [1.807, 2.05) is 18.2 Å². The molecular formula is C23H33NO5. The molecule has 0 saturated carbocycles. The summed E-state index contributed by atoms with van der Waals surface area (Å²) >= 11 is 0. The number of fused-ring (bicyclic) bond motifs is 1. The van der Waals surface area contributed by atoms with E-state index in [0.29, 0.717) is 25.5 Å². The number of ether oxygens (including phenoxy) is 3. The molecule has 0 N–H and O–H groups in total. The maximum Gasteiger partial charge on any atom is 0.308 e. The molecule has 0 amide bonds. The second kappa shape index (κ2) is 11.5. The summed E-state index contributed by atoms with van der Waals surface area (Å²) in [6, 6.07) is 5.63. The Bertz CT molecular complexity index is 872. The van der Waals surface area contributed by atoms with Crippen LogP contribution in [0.4, 0.5) is 0 Å². The lowest BCUT2D eigenvalue weighted by Gasteiger charge is -2.18. The van der Waals surface area contributed by atoms with Gasteiger partial charge in [0, 0.05) is 24.9 Å². The van der Waals surface area contributed by atoms with E-state index in [-0.39, 0.29) is 11.3 Å². The Morgan fingerprint density at radius 1 is 0.931 bits per heavy atom. The summed E-state index contributed by atoms with van der Waals surface area (Å²) in [5.41, 5.74) is 0.387. The van der Waals surface area contributed by atoms with Gasteiger partial charge in [0.05, 0.1) is 18.7 Å². The lowest BCUT2D eigenvalue weighted by atomic mass is 10.1. The predicted octanol–water partition coefficient (Wildman–Crippen LogP) is 5.08. The number of pyridine rings is 1. The third-order valence-electron chi connectivity index (χ3n) is 4.64. The van der Waals surface area contributed by atoms with E-state index in [0.717, 1.165) is 55.2 Å². The zero-order valence-corrected chi connectivity index (χ0v) is 18.1. The number of esters is 1. The van der Waals surface area contributed by atoms with E-state index >= 15 is 0 Å². The van der Waals surface area contributed by atoms with E-state index in [1.54, 1.807) is 4.57 Å². The molecule has 2 aromatic rings. The van der Waals surface area contributed by atoms with Crippen molar-refractivity contribution in [3.63, 3.8) is 0 Å². The molecule has 6 heteroatoms. The van der Waals surface area contributed by atoms with E-state index in [4.69, 9.17) is 14.2 Å². The number of aromatic nitrogens is 1. The Kier molecular flexibility index (Phi) is 9.03. The summed E-state index contributed by atoms with van der Waals surface area (Å²) in [6.07, 6.45) is 5.61. The first-order chi connectivity index (χ1) is 14.0. The molecule has 1 aromatic carbocycles. The number of carbonyl (C=O) groups excluding carboxylic acids is 1. The normalized spacial score (nSPS) is 10.9. The fraction of sp³-hybridized carbons (Fsp3) is 0.565. The molecule has 0 aliphatic rings. The highest BCUT2D eigenvalue weighted by molar-refractivity contribution is 5.90. The highest BCUT2D eigenvalue weighted by Crippen LogP contribution is 2.35. The molecule has 6 nitrogen and oxygen atoms in total. The molecule has 1 heterocycles. The van der Waals surface area contributed by atoms with Crippen LogP contribution >= 0.6 is 0 Å². The largest absolute Gasteiger partial charge is 0.494 e. The maximum absolute atomic E-state index is 13.2. The maximum atomic E-state index is 13.2. The Labute approximate surface area is 172 Å². The number of nitrogens with zero attached hydrogens (tertiary/aromatic N) is 1. The number of rotatable bonds is 12. The van der Waals surface area contributed by atoms with E-state index in [1.165, 1.54) is 6.92 Å². The van der Waals surface area contributed by atoms with Crippen LogP contribution in [0.25, 0.3) is 10.9 Å². The van der Waals surface area contributed by atoms with Crippen LogP contribution in [0, 0.1) is 0 Å². The summed E-state index contributed by atoms with van der Waals surface area (Å²) in [5, 5.41) is 0.746. The fourth-order valence-corrected chi connectivity index (χ4v) is 3.04. The van der Waals surface area contributed by atoms with Gasteiger partial charge in [-0.25, -0.2) is 0 Å². The first kappa shape index (κ1) is 22.8. The topological polar surface area (TPSA) is 66.8 Å². The summed E-state index contributed by atoms with van der Waals surface area (Å²) in [4.78, 5) is 24.9. The Morgan fingerprint density at radius 3 is 2.21 bits per heavy atom. The minimum absolute atomic E-state index is 0.0307. The van der Waals surface area contributed by atoms with E-state index in [9.17, 15) is 9.59 Å². The van der Waals surface area contributed by atoms with Crippen LogP contribution in [-0.2, 0) is 11.3 Å². The summed E-state index contributed by atoms with van der Waals surface area (Å²) in [7, 11) is 0. The summed E-state index contributed by atoms with van der Waals surface area (Å²) in [5.74, 6) is 0.483. The zero-order chi connectivity index (χ0) is 21.2. The smallest absolute Gasteiger partial charge is 0.308 e. The van der Waals surface area contributed by atoms with Crippen molar-refractivity contribution < 1.29 is 19.0 Å². The highest BCUT2D eigenvalue weighted by atomic mass is 16.6. The number of carbonyl (C=O) groups is 1. The van der Waals surface area contributed by atoms with Crippen LogP contribution in [0.5, 0.6) is 17.2 Å². The Morgan fingerprint density at radius 2 is 1.59 bits per heavy atom. The molecule has 0 bridgehead atoms. The SMILES string of the molecule is CCCCOc1ccc2c(OCCCC)c(OC(C)=O)c(=O)n(CCCC)c2c1.